The van der Waals surface area contributed by atoms with Gasteiger partial charge in [0.15, 0.2) is 11.6 Å². The van der Waals surface area contributed by atoms with Crippen molar-refractivity contribution in [2.45, 2.75) is 58.5 Å². The Balaban J connectivity index is 1.54. The normalized spacial score (nSPS) is 19.1. The topological polar surface area (TPSA) is 18.5 Å². The summed E-state index contributed by atoms with van der Waals surface area (Å²) in [6.45, 7) is 4.64. The van der Waals surface area contributed by atoms with Crippen LogP contribution in [0.5, 0.6) is 5.75 Å². The summed E-state index contributed by atoms with van der Waals surface area (Å²) < 4.78 is 54.0. The zero-order valence-electron chi connectivity index (χ0n) is 18.3. The molecule has 2 aromatic carbocycles. The lowest BCUT2D eigenvalue weighted by molar-refractivity contribution is -0.00732. The van der Waals surface area contributed by atoms with Gasteiger partial charge in [-0.3, -0.25) is 0 Å². The van der Waals surface area contributed by atoms with E-state index in [1.165, 1.54) is 12.1 Å². The lowest BCUT2D eigenvalue weighted by Gasteiger charge is -2.28. The van der Waals surface area contributed by atoms with Gasteiger partial charge in [0.05, 0.1) is 19.3 Å². The van der Waals surface area contributed by atoms with Gasteiger partial charge in [-0.1, -0.05) is 50.5 Å². The Morgan fingerprint density at radius 2 is 1.87 bits per heavy atom. The lowest BCUT2D eigenvalue weighted by atomic mass is 9.93. The molecular weight excluding hydrogens is 401 g/mol. The van der Waals surface area contributed by atoms with Gasteiger partial charge in [-0.15, -0.1) is 0 Å². The third kappa shape index (κ3) is 6.36. The molecule has 2 unspecified atom stereocenters. The standard InChI is InChI=1S/C26H31F3O2/c1-3-4-5-6-15-30-24-14-12-21(25(28)26(24)29)23-13-11-20(17-31-23)10-9-19-8-7-18(2)22(27)16-19/h7-10,12,14,16,20,23H,3-6,11,13,15,17H2,1-2H3/b10-9+. The fraction of sp³-hybridized carbons (Fsp3) is 0.462. The molecule has 2 nitrogen and oxygen atoms in total. The van der Waals surface area contributed by atoms with Crippen LogP contribution in [0.3, 0.4) is 0 Å². The summed E-state index contributed by atoms with van der Waals surface area (Å²) in [5, 5.41) is 0. The van der Waals surface area contributed by atoms with Crippen LogP contribution < -0.4 is 4.74 Å². The highest BCUT2D eigenvalue weighted by molar-refractivity contribution is 5.50. The molecule has 0 N–H and O–H groups in total. The van der Waals surface area contributed by atoms with Gasteiger partial charge in [0.2, 0.25) is 5.82 Å². The maximum atomic E-state index is 14.6. The third-order valence-corrected chi connectivity index (χ3v) is 5.75. The summed E-state index contributed by atoms with van der Waals surface area (Å²) in [4.78, 5) is 0. The van der Waals surface area contributed by atoms with Crippen molar-refractivity contribution < 1.29 is 22.6 Å². The smallest absolute Gasteiger partial charge is 0.200 e. The van der Waals surface area contributed by atoms with Crippen LogP contribution in [0.15, 0.2) is 36.4 Å². The van der Waals surface area contributed by atoms with E-state index in [2.05, 4.69) is 6.92 Å². The highest BCUT2D eigenvalue weighted by Crippen LogP contribution is 2.35. The highest BCUT2D eigenvalue weighted by Gasteiger charge is 2.26. The van der Waals surface area contributed by atoms with Crippen molar-refractivity contribution in [1.29, 1.82) is 0 Å². The second-order valence-corrected chi connectivity index (χ2v) is 8.22. The van der Waals surface area contributed by atoms with Crippen LogP contribution in [0.25, 0.3) is 6.08 Å². The first kappa shape index (κ1) is 23.4. The van der Waals surface area contributed by atoms with Gasteiger partial charge in [-0.25, -0.2) is 8.78 Å². The minimum absolute atomic E-state index is 0.0419. The molecule has 0 aliphatic carbocycles. The quantitative estimate of drug-likeness (QED) is 0.381. The number of hydrogen-bond acceptors (Lipinski definition) is 2. The largest absolute Gasteiger partial charge is 0.490 e. The molecule has 168 valence electrons. The molecule has 31 heavy (non-hydrogen) atoms. The number of unbranched alkanes of at least 4 members (excludes halogenated alkanes) is 3. The Kier molecular flexibility index (Phi) is 8.59. The Morgan fingerprint density at radius 1 is 1.03 bits per heavy atom. The van der Waals surface area contributed by atoms with Crippen molar-refractivity contribution in [3.8, 4) is 5.75 Å². The summed E-state index contributed by atoms with van der Waals surface area (Å²) in [7, 11) is 0. The number of halogens is 3. The van der Waals surface area contributed by atoms with E-state index in [1.54, 1.807) is 19.1 Å². The first-order valence-electron chi connectivity index (χ1n) is 11.2. The van der Waals surface area contributed by atoms with E-state index in [0.29, 0.717) is 25.2 Å². The minimum Gasteiger partial charge on any atom is -0.490 e. The van der Waals surface area contributed by atoms with Gasteiger partial charge in [-0.2, -0.15) is 4.39 Å². The Bertz CT molecular complexity index is 886. The molecule has 0 saturated carbocycles. The van der Waals surface area contributed by atoms with Gasteiger partial charge in [0, 0.05) is 11.5 Å². The molecule has 2 aromatic rings. The minimum atomic E-state index is -0.944. The molecule has 0 amide bonds. The van der Waals surface area contributed by atoms with Crippen LogP contribution in [0, 0.1) is 30.3 Å². The second kappa shape index (κ2) is 11.4. The van der Waals surface area contributed by atoms with Crippen molar-refractivity contribution in [3.63, 3.8) is 0 Å². The summed E-state index contributed by atoms with van der Waals surface area (Å²) in [5.74, 6) is -1.95. The van der Waals surface area contributed by atoms with Gasteiger partial charge in [0.25, 0.3) is 0 Å². The van der Waals surface area contributed by atoms with E-state index < -0.39 is 17.7 Å². The Morgan fingerprint density at radius 3 is 2.58 bits per heavy atom. The van der Waals surface area contributed by atoms with Crippen molar-refractivity contribution in [1.82, 2.24) is 0 Å². The van der Waals surface area contributed by atoms with Gasteiger partial charge in [-0.05, 0) is 55.5 Å². The summed E-state index contributed by atoms with van der Waals surface area (Å²) >= 11 is 0. The Labute approximate surface area is 183 Å². The van der Waals surface area contributed by atoms with Crippen molar-refractivity contribution in [2.75, 3.05) is 13.2 Å². The van der Waals surface area contributed by atoms with Crippen LogP contribution in [0.2, 0.25) is 0 Å². The maximum Gasteiger partial charge on any atom is 0.200 e. The average Bonchev–Trinajstić information content (AvgIpc) is 2.78. The zero-order chi connectivity index (χ0) is 22.2. The predicted octanol–water partition coefficient (Wildman–Crippen LogP) is 7.55. The molecule has 1 aliphatic rings. The number of ether oxygens (including phenoxy) is 2. The second-order valence-electron chi connectivity index (χ2n) is 8.22. The Hall–Kier alpha value is -2.27. The van der Waals surface area contributed by atoms with E-state index >= 15 is 0 Å². The summed E-state index contributed by atoms with van der Waals surface area (Å²) in [6.07, 6.45) is 8.83. The van der Waals surface area contributed by atoms with E-state index in [0.717, 1.165) is 37.7 Å². The van der Waals surface area contributed by atoms with E-state index in [-0.39, 0.29) is 23.0 Å². The van der Waals surface area contributed by atoms with Gasteiger partial charge >= 0.3 is 0 Å². The predicted molar refractivity (Wildman–Crippen MR) is 118 cm³/mol. The molecule has 0 aromatic heterocycles. The van der Waals surface area contributed by atoms with Crippen LogP contribution in [-0.2, 0) is 4.74 Å². The molecule has 1 heterocycles. The van der Waals surface area contributed by atoms with Crippen LogP contribution in [0.1, 0.15) is 68.2 Å². The SMILES string of the molecule is CCCCCCOc1ccc(C2CCC(/C=C/c3ccc(C)c(F)c3)CO2)c(F)c1F. The van der Waals surface area contributed by atoms with E-state index in [1.807, 2.05) is 18.2 Å². The summed E-state index contributed by atoms with van der Waals surface area (Å²) in [6, 6.07) is 8.18. The molecular formula is C26H31F3O2. The van der Waals surface area contributed by atoms with E-state index in [9.17, 15) is 13.2 Å². The maximum absolute atomic E-state index is 14.6. The van der Waals surface area contributed by atoms with E-state index in [4.69, 9.17) is 9.47 Å². The van der Waals surface area contributed by atoms with Crippen LogP contribution in [-0.4, -0.2) is 13.2 Å². The molecule has 0 bridgehead atoms. The van der Waals surface area contributed by atoms with Crippen molar-refractivity contribution in [2.24, 2.45) is 5.92 Å². The molecule has 1 fully saturated rings. The first-order valence-corrected chi connectivity index (χ1v) is 11.2. The molecule has 1 aliphatic heterocycles. The molecule has 1 saturated heterocycles. The van der Waals surface area contributed by atoms with Crippen molar-refractivity contribution in [3.05, 3.63) is 70.5 Å². The number of hydrogen-bond donors (Lipinski definition) is 0. The zero-order valence-corrected chi connectivity index (χ0v) is 18.3. The fourth-order valence-corrected chi connectivity index (χ4v) is 3.75. The first-order chi connectivity index (χ1) is 15.0. The fourth-order valence-electron chi connectivity index (χ4n) is 3.75. The van der Waals surface area contributed by atoms with Crippen molar-refractivity contribution >= 4 is 6.08 Å². The van der Waals surface area contributed by atoms with Crippen LogP contribution in [0.4, 0.5) is 13.2 Å². The van der Waals surface area contributed by atoms with Gasteiger partial charge in [0.1, 0.15) is 5.82 Å². The number of rotatable bonds is 9. The highest BCUT2D eigenvalue weighted by atomic mass is 19.2. The molecule has 2 atom stereocenters. The monoisotopic (exact) mass is 432 g/mol. The molecule has 0 spiro atoms. The molecule has 3 rings (SSSR count). The number of benzene rings is 2. The molecule has 5 heteroatoms. The number of aryl methyl sites for hydroxylation is 1. The lowest BCUT2D eigenvalue weighted by Crippen LogP contribution is -2.20. The average molecular weight is 433 g/mol. The third-order valence-electron chi connectivity index (χ3n) is 5.75. The molecule has 0 radical (unpaired) electrons. The van der Waals surface area contributed by atoms with Gasteiger partial charge < -0.3 is 9.47 Å². The van der Waals surface area contributed by atoms with Crippen LogP contribution >= 0.6 is 0 Å². The summed E-state index contributed by atoms with van der Waals surface area (Å²) in [5.41, 5.74) is 1.64.